The largest absolute Gasteiger partial charge is 0.352 e. The molecular weight excluding hydrogens is 452 g/mol. The van der Waals surface area contributed by atoms with Crippen LogP contribution in [0.2, 0.25) is 0 Å². The summed E-state index contributed by atoms with van der Waals surface area (Å²) in [5, 5.41) is 2.77. The third-order valence-electron chi connectivity index (χ3n) is 5.27. The SMILES string of the molecule is CC[C@H](C)NC(=O)[C@@H](C)N(Cc1ccccc1F)C(=O)CN(c1ccccc1F)S(C)(=O)=O. The normalized spacial score (nSPS) is 13.2. The molecule has 0 aliphatic heterocycles. The first-order chi connectivity index (χ1) is 15.5. The quantitative estimate of drug-likeness (QED) is 0.565. The van der Waals surface area contributed by atoms with Crippen LogP contribution in [-0.2, 0) is 26.2 Å². The molecule has 10 heteroatoms. The average molecular weight is 482 g/mol. The average Bonchev–Trinajstić information content (AvgIpc) is 2.76. The Kier molecular flexibility index (Phi) is 8.92. The standard InChI is InChI=1S/C23H29F2N3O4S/c1-5-16(2)26-23(30)17(3)27(14-18-10-6-7-11-19(18)24)22(29)15-28(33(4,31)32)21-13-9-8-12-20(21)25/h6-13,16-17H,5,14-15H2,1-4H3,(H,26,30)/t16-,17+/m0/s1. The van der Waals surface area contributed by atoms with Crippen molar-refractivity contribution < 1.29 is 26.8 Å². The molecule has 0 saturated heterocycles. The fourth-order valence-corrected chi connectivity index (χ4v) is 3.96. The van der Waals surface area contributed by atoms with Crippen LogP contribution in [0.15, 0.2) is 48.5 Å². The van der Waals surface area contributed by atoms with E-state index < -0.39 is 46.1 Å². The van der Waals surface area contributed by atoms with E-state index in [-0.39, 0.29) is 23.8 Å². The lowest BCUT2D eigenvalue weighted by Gasteiger charge is -2.32. The number of anilines is 1. The van der Waals surface area contributed by atoms with Crippen molar-refractivity contribution in [1.82, 2.24) is 10.2 Å². The van der Waals surface area contributed by atoms with Crippen LogP contribution in [-0.4, -0.2) is 50.0 Å². The van der Waals surface area contributed by atoms with Gasteiger partial charge in [-0.2, -0.15) is 0 Å². The van der Waals surface area contributed by atoms with Crippen LogP contribution in [0.25, 0.3) is 0 Å². The lowest BCUT2D eigenvalue weighted by molar-refractivity contribution is -0.139. The highest BCUT2D eigenvalue weighted by Gasteiger charge is 2.31. The van der Waals surface area contributed by atoms with E-state index in [0.29, 0.717) is 10.7 Å². The molecule has 2 rings (SSSR count). The first kappa shape index (κ1) is 26.2. The van der Waals surface area contributed by atoms with Crippen LogP contribution in [0, 0.1) is 11.6 Å². The minimum absolute atomic E-state index is 0.156. The molecule has 0 saturated carbocycles. The molecule has 7 nitrogen and oxygen atoms in total. The number of sulfonamides is 1. The summed E-state index contributed by atoms with van der Waals surface area (Å²) in [7, 11) is -4.05. The Labute approximate surface area is 193 Å². The van der Waals surface area contributed by atoms with Gasteiger partial charge in [0.05, 0.1) is 11.9 Å². The molecule has 2 aromatic carbocycles. The molecule has 0 aliphatic rings. The van der Waals surface area contributed by atoms with Gasteiger partial charge in [-0.1, -0.05) is 37.3 Å². The molecule has 2 amide bonds. The summed E-state index contributed by atoms with van der Waals surface area (Å²) in [5.41, 5.74) is -0.137. The highest BCUT2D eigenvalue weighted by Crippen LogP contribution is 2.22. The monoisotopic (exact) mass is 481 g/mol. The topological polar surface area (TPSA) is 86.8 Å². The first-order valence-corrected chi connectivity index (χ1v) is 12.4. The minimum Gasteiger partial charge on any atom is -0.352 e. The smallest absolute Gasteiger partial charge is 0.244 e. The lowest BCUT2D eigenvalue weighted by atomic mass is 10.1. The van der Waals surface area contributed by atoms with E-state index in [1.807, 2.05) is 6.92 Å². The number of amides is 2. The van der Waals surface area contributed by atoms with Crippen LogP contribution in [0.1, 0.15) is 32.8 Å². The maximum Gasteiger partial charge on any atom is 0.244 e. The Morgan fingerprint density at radius 3 is 2.12 bits per heavy atom. The Balaban J connectivity index is 2.41. The molecule has 0 heterocycles. The number of rotatable bonds is 10. The van der Waals surface area contributed by atoms with E-state index >= 15 is 0 Å². The fraction of sp³-hybridized carbons (Fsp3) is 0.391. The van der Waals surface area contributed by atoms with Crippen LogP contribution >= 0.6 is 0 Å². The van der Waals surface area contributed by atoms with Crippen LogP contribution in [0.4, 0.5) is 14.5 Å². The third-order valence-corrected chi connectivity index (χ3v) is 6.39. The van der Waals surface area contributed by atoms with Crippen molar-refractivity contribution in [3.63, 3.8) is 0 Å². The number of carbonyl (C=O) groups is 2. The molecule has 2 atom stereocenters. The maximum absolute atomic E-state index is 14.3. The molecule has 2 aromatic rings. The van der Waals surface area contributed by atoms with E-state index in [0.717, 1.165) is 17.2 Å². The van der Waals surface area contributed by atoms with Crippen molar-refractivity contribution in [1.29, 1.82) is 0 Å². The fourth-order valence-electron chi connectivity index (χ4n) is 3.11. The second kappa shape index (κ2) is 11.2. The van der Waals surface area contributed by atoms with Gasteiger partial charge in [0.1, 0.15) is 24.2 Å². The molecule has 0 fully saturated rings. The zero-order valence-corrected chi connectivity index (χ0v) is 19.9. The number of carbonyl (C=O) groups excluding carboxylic acids is 2. The van der Waals surface area contributed by atoms with Gasteiger partial charge < -0.3 is 10.2 Å². The Morgan fingerprint density at radius 2 is 1.58 bits per heavy atom. The van der Waals surface area contributed by atoms with E-state index in [1.54, 1.807) is 13.0 Å². The van der Waals surface area contributed by atoms with Crippen LogP contribution < -0.4 is 9.62 Å². The van der Waals surface area contributed by atoms with Crippen molar-refractivity contribution >= 4 is 27.5 Å². The molecule has 0 radical (unpaired) electrons. The van der Waals surface area contributed by atoms with Gasteiger partial charge in [0.2, 0.25) is 21.8 Å². The molecule has 0 aliphatic carbocycles. The predicted molar refractivity (Wildman–Crippen MR) is 123 cm³/mol. The number of para-hydroxylation sites is 1. The maximum atomic E-state index is 14.3. The van der Waals surface area contributed by atoms with Gasteiger partial charge in [0, 0.05) is 18.2 Å². The van der Waals surface area contributed by atoms with Gasteiger partial charge in [-0.3, -0.25) is 13.9 Å². The Hall–Kier alpha value is -3.01. The number of hydrogen-bond donors (Lipinski definition) is 1. The molecule has 0 bridgehead atoms. The summed E-state index contributed by atoms with van der Waals surface area (Å²) in [4.78, 5) is 27.1. The summed E-state index contributed by atoms with van der Waals surface area (Å²) in [6, 6.07) is 9.75. The van der Waals surface area contributed by atoms with Crippen molar-refractivity contribution in [2.75, 3.05) is 17.1 Å². The second-order valence-electron chi connectivity index (χ2n) is 7.83. The zero-order chi connectivity index (χ0) is 24.8. The van der Waals surface area contributed by atoms with Crippen LogP contribution in [0.5, 0.6) is 0 Å². The minimum atomic E-state index is -4.05. The number of nitrogens with zero attached hydrogens (tertiary/aromatic N) is 2. The Morgan fingerprint density at radius 1 is 1.00 bits per heavy atom. The Bertz CT molecular complexity index is 1090. The van der Waals surface area contributed by atoms with E-state index in [2.05, 4.69) is 5.32 Å². The van der Waals surface area contributed by atoms with Gasteiger partial charge in [-0.25, -0.2) is 17.2 Å². The summed E-state index contributed by atoms with van der Waals surface area (Å²) < 4.78 is 54.1. The second-order valence-corrected chi connectivity index (χ2v) is 9.73. The number of nitrogens with one attached hydrogen (secondary N) is 1. The van der Waals surface area contributed by atoms with Crippen molar-refractivity contribution in [2.24, 2.45) is 0 Å². The lowest BCUT2D eigenvalue weighted by Crippen LogP contribution is -2.52. The van der Waals surface area contributed by atoms with Crippen molar-refractivity contribution in [2.45, 2.75) is 45.8 Å². The molecule has 0 aromatic heterocycles. The highest BCUT2D eigenvalue weighted by molar-refractivity contribution is 7.92. The van der Waals surface area contributed by atoms with Gasteiger partial charge in [-0.15, -0.1) is 0 Å². The van der Waals surface area contributed by atoms with Gasteiger partial charge in [0.25, 0.3) is 0 Å². The van der Waals surface area contributed by atoms with Gasteiger partial charge in [0.15, 0.2) is 0 Å². The van der Waals surface area contributed by atoms with Gasteiger partial charge in [-0.05, 0) is 38.5 Å². The van der Waals surface area contributed by atoms with Crippen LogP contribution in [0.3, 0.4) is 0 Å². The van der Waals surface area contributed by atoms with Gasteiger partial charge >= 0.3 is 0 Å². The summed E-state index contributed by atoms with van der Waals surface area (Å²) >= 11 is 0. The van der Waals surface area contributed by atoms with Crippen molar-refractivity contribution in [3.8, 4) is 0 Å². The summed E-state index contributed by atoms with van der Waals surface area (Å²) in [5.74, 6) is -2.64. The molecule has 180 valence electrons. The summed E-state index contributed by atoms with van der Waals surface area (Å²) in [6.45, 7) is 4.14. The molecule has 0 unspecified atom stereocenters. The van der Waals surface area contributed by atoms with E-state index in [4.69, 9.17) is 0 Å². The van der Waals surface area contributed by atoms with Crippen molar-refractivity contribution in [3.05, 3.63) is 65.7 Å². The molecular formula is C23H29F2N3O4S. The molecule has 0 spiro atoms. The summed E-state index contributed by atoms with van der Waals surface area (Å²) in [6.07, 6.45) is 1.52. The molecule has 1 N–H and O–H groups in total. The number of benzene rings is 2. The number of halogens is 2. The first-order valence-electron chi connectivity index (χ1n) is 10.5. The van der Waals surface area contributed by atoms with E-state index in [1.165, 1.54) is 43.3 Å². The highest BCUT2D eigenvalue weighted by atomic mass is 32.2. The molecule has 33 heavy (non-hydrogen) atoms. The number of hydrogen-bond acceptors (Lipinski definition) is 4. The zero-order valence-electron chi connectivity index (χ0n) is 19.1. The third kappa shape index (κ3) is 6.98. The predicted octanol–water partition coefficient (Wildman–Crippen LogP) is 3.06. The van der Waals surface area contributed by atoms with E-state index in [9.17, 15) is 26.8 Å².